The summed E-state index contributed by atoms with van der Waals surface area (Å²) in [4.78, 5) is 0. The van der Waals surface area contributed by atoms with Gasteiger partial charge in [-0.3, -0.25) is 0 Å². The van der Waals surface area contributed by atoms with Crippen molar-refractivity contribution in [3.8, 4) is 11.5 Å². The largest absolute Gasteiger partial charge is 0.490 e. The van der Waals surface area contributed by atoms with Crippen molar-refractivity contribution < 1.29 is 13.9 Å². The van der Waals surface area contributed by atoms with E-state index < -0.39 is 0 Å². The van der Waals surface area contributed by atoms with Crippen LogP contribution in [0.25, 0.3) is 0 Å². The standard InChI is InChI=1S/C16H20N2O3S/c1-3-19-14-8-7-12(10-15(14)20-4-2)18-16(22)17-11-13-6-5-9-21-13/h5-10H,3-4,11H2,1-2H3,(H2,17,18,22). The number of thiocarbonyl (C=S) groups is 1. The summed E-state index contributed by atoms with van der Waals surface area (Å²) in [5, 5.41) is 6.71. The molecule has 22 heavy (non-hydrogen) atoms. The number of rotatable bonds is 7. The molecule has 1 aromatic heterocycles. The van der Waals surface area contributed by atoms with Crippen LogP contribution < -0.4 is 20.1 Å². The molecule has 2 N–H and O–H groups in total. The molecule has 1 aromatic carbocycles. The van der Waals surface area contributed by atoms with Crippen LogP contribution in [0.5, 0.6) is 11.5 Å². The Morgan fingerprint density at radius 2 is 1.91 bits per heavy atom. The van der Waals surface area contributed by atoms with E-state index in [9.17, 15) is 0 Å². The van der Waals surface area contributed by atoms with Gasteiger partial charge in [0.15, 0.2) is 16.6 Å². The van der Waals surface area contributed by atoms with E-state index in [1.807, 2.05) is 44.2 Å². The summed E-state index contributed by atoms with van der Waals surface area (Å²) >= 11 is 5.27. The maximum atomic E-state index is 5.59. The van der Waals surface area contributed by atoms with E-state index in [-0.39, 0.29) is 0 Å². The number of ether oxygens (including phenoxy) is 2. The van der Waals surface area contributed by atoms with Crippen molar-refractivity contribution in [2.24, 2.45) is 0 Å². The Kier molecular flexibility index (Phi) is 6.09. The molecule has 0 aliphatic carbocycles. The smallest absolute Gasteiger partial charge is 0.171 e. The number of anilines is 1. The van der Waals surface area contributed by atoms with Crippen LogP contribution in [0.2, 0.25) is 0 Å². The predicted molar refractivity (Wildman–Crippen MR) is 90.5 cm³/mol. The molecule has 0 radical (unpaired) electrons. The van der Waals surface area contributed by atoms with Crippen LogP contribution in [0.15, 0.2) is 41.0 Å². The number of hydrogen-bond acceptors (Lipinski definition) is 4. The van der Waals surface area contributed by atoms with Gasteiger partial charge >= 0.3 is 0 Å². The summed E-state index contributed by atoms with van der Waals surface area (Å²) in [7, 11) is 0. The average molecular weight is 320 g/mol. The lowest BCUT2D eigenvalue weighted by Gasteiger charge is -2.14. The Morgan fingerprint density at radius 3 is 2.59 bits per heavy atom. The molecule has 0 aliphatic rings. The quantitative estimate of drug-likeness (QED) is 0.761. The first-order valence-corrected chi connectivity index (χ1v) is 7.60. The molecule has 0 amide bonds. The number of benzene rings is 1. The van der Waals surface area contributed by atoms with Crippen molar-refractivity contribution in [1.82, 2.24) is 5.32 Å². The summed E-state index contributed by atoms with van der Waals surface area (Å²) < 4.78 is 16.4. The lowest BCUT2D eigenvalue weighted by molar-refractivity contribution is 0.288. The van der Waals surface area contributed by atoms with Crippen LogP contribution in [0.1, 0.15) is 19.6 Å². The molecule has 2 aromatic rings. The van der Waals surface area contributed by atoms with Gasteiger partial charge in [-0.05, 0) is 50.3 Å². The van der Waals surface area contributed by atoms with E-state index in [4.69, 9.17) is 26.1 Å². The van der Waals surface area contributed by atoms with Crippen molar-refractivity contribution in [2.45, 2.75) is 20.4 Å². The third kappa shape index (κ3) is 4.66. The molecule has 0 unspecified atom stereocenters. The summed E-state index contributed by atoms with van der Waals surface area (Å²) in [5.74, 6) is 2.25. The fourth-order valence-electron chi connectivity index (χ4n) is 1.88. The second-order valence-corrected chi connectivity index (χ2v) is 4.82. The van der Waals surface area contributed by atoms with Crippen LogP contribution in [0.3, 0.4) is 0 Å². The highest BCUT2D eigenvalue weighted by molar-refractivity contribution is 7.80. The Balaban J connectivity index is 1.96. The second kappa shape index (κ2) is 8.29. The molecule has 5 nitrogen and oxygen atoms in total. The summed E-state index contributed by atoms with van der Waals surface area (Å²) in [6.07, 6.45) is 1.63. The number of furan rings is 1. The third-order valence-corrected chi connectivity index (χ3v) is 3.05. The highest BCUT2D eigenvalue weighted by Gasteiger charge is 2.07. The van der Waals surface area contributed by atoms with Crippen LogP contribution in [-0.4, -0.2) is 18.3 Å². The zero-order valence-electron chi connectivity index (χ0n) is 12.7. The fourth-order valence-corrected chi connectivity index (χ4v) is 2.07. The van der Waals surface area contributed by atoms with Crippen molar-refractivity contribution >= 4 is 23.0 Å². The first-order valence-electron chi connectivity index (χ1n) is 7.19. The molecule has 0 aliphatic heterocycles. The summed E-state index contributed by atoms with van der Waals surface area (Å²) in [6, 6.07) is 9.36. The first kappa shape index (κ1) is 16.2. The predicted octanol–water partition coefficient (Wildman–Crippen LogP) is 3.56. The lowest BCUT2D eigenvalue weighted by atomic mass is 10.2. The molecule has 118 valence electrons. The van der Waals surface area contributed by atoms with Gasteiger partial charge in [0.1, 0.15) is 5.76 Å². The Morgan fingerprint density at radius 1 is 1.14 bits per heavy atom. The van der Waals surface area contributed by atoms with Gasteiger partial charge in [-0.15, -0.1) is 0 Å². The van der Waals surface area contributed by atoms with Gasteiger partial charge in [0.05, 0.1) is 26.0 Å². The highest BCUT2D eigenvalue weighted by Crippen LogP contribution is 2.30. The van der Waals surface area contributed by atoms with Crippen molar-refractivity contribution in [1.29, 1.82) is 0 Å². The third-order valence-electron chi connectivity index (χ3n) is 2.80. The van der Waals surface area contributed by atoms with E-state index in [1.165, 1.54) is 0 Å². The van der Waals surface area contributed by atoms with Crippen LogP contribution in [0.4, 0.5) is 5.69 Å². The molecule has 0 spiro atoms. The molecule has 0 bridgehead atoms. The maximum absolute atomic E-state index is 5.59. The first-order chi connectivity index (χ1) is 10.7. The molecule has 0 atom stereocenters. The van der Waals surface area contributed by atoms with E-state index >= 15 is 0 Å². The minimum atomic E-state index is 0.517. The Hall–Kier alpha value is -2.21. The summed E-state index contributed by atoms with van der Waals surface area (Å²) in [6.45, 7) is 5.58. The van der Waals surface area contributed by atoms with E-state index in [2.05, 4.69) is 10.6 Å². The Bertz CT molecular complexity index is 599. The topological polar surface area (TPSA) is 55.7 Å². The van der Waals surface area contributed by atoms with Gasteiger partial charge in [0.2, 0.25) is 0 Å². The molecular formula is C16H20N2O3S. The zero-order chi connectivity index (χ0) is 15.8. The van der Waals surface area contributed by atoms with Crippen molar-refractivity contribution in [3.05, 3.63) is 42.4 Å². The number of nitrogens with one attached hydrogen (secondary N) is 2. The molecule has 2 rings (SSSR count). The van der Waals surface area contributed by atoms with E-state index in [0.29, 0.717) is 30.6 Å². The van der Waals surface area contributed by atoms with Crippen molar-refractivity contribution in [2.75, 3.05) is 18.5 Å². The SMILES string of the molecule is CCOc1ccc(NC(=S)NCc2ccco2)cc1OCC. The minimum absolute atomic E-state index is 0.517. The minimum Gasteiger partial charge on any atom is -0.490 e. The molecule has 1 heterocycles. The normalized spacial score (nSPS) is 10.1. The maximum Gasteiger partial charge on any atom is 0.171 e. The van der Waals surface area contributed by atoms with E-state index in [1.54, 1.807) is 6.26 Å². The molecule has 0 saturated carbocycles. The van der Waals surface area contributed by atoms with Gasteiger partial charge < -0.3 is 24.5 Å². The van der Waals surface area contributed by atoms with Crippen LogP contribution >= 0.6 is 12.2 Å². The Labute approximate surface area is 135 Å². The molecular weight excluding hydrogens is 300 g/mol. The highest BCUT2D eigenvalue weighted by atomic mass is 32.1. The van der Waals surface area contributed by atoms with Gasteiger partial charge in [-0.1, -0.05) is 0 Å². The van der Waals surface area contributed by atoms with Crippen LogP contribution in [-0.2, 0) is 6.54 Å². The molecule has 6 heteroatoms. The fraction of sp³-hybridized carbons (Fsp3) is 0.312. The lowest BCUT2D eigenvalue weighted by Crippen LogP contribution is -2.27. The van der Waals surface area contributed by atoms with Gasteiger partial charge in [-0.2, -0.15) is 0 Å². The zero-order valence-corrected chi connectivity index (χ0v) is 13.5. The van der Waals surface area contributed by atoms with Gasteiger partial charge in [-0.25, -0.2) is 0 Å². The van der Waals surface area contributed by atoms with Crippen LogP contribution in [0, 0.1) is 0 Å². The molecule has 0 saturated heterocycles. The molecule has 0 fully saturated rings. The van der Waals surface area contributed by atoms with Crippen molar-refractivity contribution in [3.63, 3.8) is 0 Å². The average Bonchev–Trinajstić information content (AvgIpc) is 3.02. The summed E-state index contributed by atoms with van der Waals surface area (Å²) in [5.41, 5.74) is 0.837. The number of hydrogen-bond donors (Lipinski definition) is 2. The van der Waals surface area contributed by atoms with E-state index in [0.717, 1.165) is 17.2 Å². The second-order valence-electron chi connectivity index (χ2n) is 4.41. The van der Waals surface area contributed by atoms with Gasteiger partial charge in [0.25, 0.3) is 0 Å². The van der Waals surface area contributed by atoms with Gasteiger partial charge in [0, 0.05) is 11.8 Å². The monoisotopic (exact) mass is 320 g/mol.